The Morgan fingerprint density at radius 3 is 2.57 bits per heavy atom. The lowest BCUT2D eigenvalue weighted by atomic mass is 9.82. The molecule has 30 heavy (non-hydrogen) atoms. The van der Waals surface area contributed by atoms with Crippen LogP contribution in [0.5, 0.6) is 0 Å². The lowest BCUT2D eigenvalue weighted by Gasteiger charge is -2.29. The molecule has 2 aromatic carbocycles. The monoisotopic (exact) mass is 410 g/mol. The van der Waals surface area contributed by atoms with Gasteiger partial charge < -0.3 is 9.15 Å². The van der Waals surface area contributed by atoms with Gasteiger partial charge in [-0.05, 0) is 74.8 Å². The molecule has 0 radical (unpaired) electrons. The highest BCUT2D eigenvalue weighted by molar-refractivity contribution is 6.05. The van der Waals surface area contributed by atoms with Gasteiger partial charge in [0.25, 0.3) is 0 Å². The number of ether oxygens (including phenoxy) is 1. The van der Waals surface area contributed by atoms with Crippen LogP contribution in [0.15, 0.2) is 28.7 Å². The maximum atomic E-state index is 15.1. The quantitative estimate of drug-likeness (QED) is 0.311. The van der Waals surface area contributed by atoms with Crippen LogP contribution in [0.4, 0.5) is 8.78 Å². The number of hydrogen-bond donors (Lipinski definition) is 0. The fourth-order valence-corrected chi connectivity index (χ4v) is 4.55. The summed E-state index contributed by atoms with van der Waals surface area (Å²) in [6, 6.07) is 7.04. The van der Waals surface area contributed by atoms with Gasteiger partial charge in [-0.2, -0.15) is 0 Å². The molecule has 3 aromatic rings. The first-order valence-electron chi connectivity index (χ1n) is 11.0. The first kappa shape index (κ1) is 20.9. The van der Waals surface area contributed by atoms with Gasteiger partial charge in [-0.25, -0.2) is 8.78 Å². The molecular formula is C26H28F2O2. The predicted octanol–water partition coefficient (Wildman–Crippen LogP) is 7.47. The summed E-state index contributed by atoms with van der Waals surface area (Å²) in [6.45, 7) is 4.73. The van der Waals surface area contributed by atoms with E-state index in [0.717, 1.165) is 44.3 Å². The minimum Gasteiger partial charge on any atom is -0.456 e. The summed E-state index contributed by atoms with van der Waals surface area (Å²) in [5.41, 5.74) is 2.16. The van der Waals surface area contributed by atoms with Gasteiger partial charge in [-0.15, -0.1) is 5.92 Å². The second-order valence-corrected chi connectivity index (χ2v) is 8.21. The molecule has 0 amide bonds. The maximum Gasteiger partial charge on any atom is 0.170 e. The molecule has 0 atom stereocenters. The van der Waals surface area contributed by atoms with Gasteiger partial charge in [0.2, 0.25) is 0 Å². The van der Waals surface area contributed by atoms with Gasteiger partial charge in [0.1, 0.15) is 11.2 Å². The third kappa shape index (κ3) is 4.09. The zero-order valence-corrected chi connectivity index (χ0v) is 17.7. The Kier molecular flexibility index (Phi) is 6.39. The molecule has 1 aliphatic rings. The van der Waals surface area contributed by atoms with Crippen LogP contribution in [-0.2, 0) is 4.74 Å². The lowest BCUT2D eigenvalue weighted by molar-refractivity contribution is 0.0225. The number of fused-ring (bicyclic) bond motifs is 3. The Balaban J connectivity index is 1.57. The van der Waals surface area contributed by atoms with E-state index in [1.54, 1.807) is 31.2 Å². The Morgan fingerprint density at radius 2 is 1.83 bits per heavy atom. The average molecular weight is 411 g/mol. The summed E-state index contributed by atoms with van der Waals surface area (Å²) >= 11 is 0. The van der Waals surface area contributed by atoms with Crippen LogP contribution in [0.25, 0.3) is 21.9 Å². The molecule has 1 aliphatic carbocycles. The molecule has 1 fully saturated rings. The number of hydrogen-bond acceptors (Lipinski definition) is 2. The second kappa shape index (κ2) is 9.18. The van der Waals surface area contributed by atoms with Crippen molar-refractivity contribution in [1.82, 2.24) is 0 Å². The van der Waals surface area contributed by atoms with E-state index in [4.69, 9.17) is 9.15 Å². The molecule has 4 heteroatoms. The second-order valence-electron chi connectivity index (χ2n) is 8.21. The summed E-state index contributed by atoms with van der Waals surface area (Å²) in [5, 5.41) is 0.800. The molecule has 0 N–H and O–H groups in total. The van der Waals surface area contributed by atoms with Crippen molar-refractivity contribution in [2.45, 2.75) is 70.8 Å². The summed E-state index contributed by atoms with van der Waals surface area (Å²) in [6.07, 6.45) is 7.06. The SMILES string of the molecule is CC#Cc1ccc2c(c1)oc1cc(C3CCC(OCCCCC)CC3)c(F)c(F)c12. The van der Waals surface area contributed by atoms with E-state index in [1.165, 1.54) is 12.8 Å². The smallest absolute Gasteiger partial charge is 0.170 e. The largest absolute Gasteiger partial charge is 0.456 e. The van der Waals surface area contributed by atoms with Crippen molar-refractivity contribution in [1.29, 1.82) is 0 Å². The Labute approximate surface area is 176 Å². The number of unbranched alkanes of at least 4 members (excludes halogenated alkanes) is 2. The lowest BCUT2D eigenvalue weighted by Crippen LogP contribution is -2.22. The highest BCUT2D eigenvalue weighted by Crippen LogP contribution is 2.40. The highest BCUT2D eigenvalue weighted by atomic mass is 19.2. The van der Waals surface area contributed by atoms with Gasteiger partial charge in [0.05, 0.1) is 11.5 Å². The first-order chi connectivity index (χ1) is 14.6. The van der Waals surface area contributed by atoms with Crippen molar-refractivity contribution in [3.63, 3.8) is 0 Å². The van der Waals surface area contributed by atoms with Crippen LogP contribution < -0.4 is 0 Å². The minimum atomic E-state index is -0.812. The molecule has 4 rings (SSSR count). The molecule has 2 nitrogen and oxygen atoms in total. The van der Waals surface area contributed by atoms with Crippen molar-refractivity contribution < 1.29 is 17.9 Å². The van der Waals surface area contributed by atoms with E-state index < -0.39 is 11.6 Å². The van der Waals surface area contributed by atoms with Crippen LogP contribution in [-0.4, -0.2) is 12.7 Å². The molecular weight excluding hydrogens is 382 g/mol. The van der Waals surface area contributed by atoms with E-state index in [9.17, 15) is 0 Å². The zero-order valence-electron chi connectivity index (χ0n) is 17.7. The van der Waals surface area contributed by atoms with Gasteiger partial charge >= 0.3 is 0 Å². The third-order valence-corrected chi connectivity index (χ3v) is 6.15. The first-order valence-corrected chi connectivity index (χ1v) is 11.0. The van der Waals surface area contributed by atoms with E-state index >= 15 is 8.78 Å². The summed E-state index contributed by atoms with van der Waals surface area (Å²) in [4.78, 5) is 0. The zero-order chi connectivity index (χ0) is 21.1. The van der Waals surface area contributed by atoms with Gasteiger partial charge in [0.15, 0.2) is 11.6 Å². The van der Waals surface area contributed by atoms with Crippen molar-refractivity contribution >= 4 is 21.9 Å². The molecule has 1 heterocycles. The predicted molar refractivity (Wildman–Crippen MR) is 117 cm³/mol. The fraction of sp³-hybridized carbons (Fsp3) is 0.462. The highest BCUT2D eigenvalue weighted by Gasteiger charge is 2.28. The van der Waals surface area contributed by atoms with Crippen molar-refractivity contribution in [3.05, 3.63) is 47.0 Å². The molecule has 1 aromatic heterocycles. The third-order valence-electron chi connectivity index (χ3n) is 6.15. The number of halogens is 2. The number of rotatable bonds is 6. The van der Waals surface area contributed by atoms with Gasteiger partial charge in [0, 0.05) is 17.6 Å². The maximum absolute atomic E-state index is 15.1. The molecule has 0 saturated heterocycles. The summed E-state index contributed by atoms with van der Waals surface area (Å²) < 4.78 is 42.0. The molecule has 1 saturated carbocycles. The van der Waals surface area contributed by atoms with E-state index in [1.807, 2.05) is 0 Å². The molecule has 0 bridgehead atoms. The summed E-state index contributed by atoms with van der Waals surface area (Å²) in [7, 11) is 0. The topological polar surface area (TPSA) is 22.4 Å². The number of benzene rings is 2. The van der Waals surface area contributed by atoms with E-state index in [0.29, 0.717) is 22.1 Å². The molecule has 0 spiro atoms. The van der Waals surface area contributed by atoms with E-state index in [-0.39, 0.29) is 17.4 Å². The Morgan fingerprint density at radius 1 is 1.03 bits per heavy atom. The minimum absolute atomic E-state index is 0.00544. The summed E-state index contributed by atoms with van der Waals surface area (Å²) in [5.74, 6) is 4.25. The van der Waals surface area contributed by atoms with Crippen LogP contribution in [0.1, 0.15) is 75.8 Å². The average Bonchev–Trinajstić information content (AvgIpc) is 3.12. The van der Waals surface area contributed by atoms with Crippen LogP contribution in [0.2, 0.25) is 0 Å². The van der Waals surface area contributed by atoms with Crippen LogP contribution in [0, 0.1) is 23.5 Å². The normalized spacial score (nSPS) is 19.2. The Bertz CT molecular complexity index is 1100. The van der Waals surface area contributed by atoms with Gasteiger partial charge in [-0.3, -0.25) is 0 Å². The van der Waals surface area contributed by atoms with Crippen molar-refractivity contribution in [3.8, 4) is 11.8 Å². The molecule has 0 unspecified atom stereocenters. The molecule has 0 aliphatic heterocycles. The van der Waals surface area contributed by atoms with Crippen LogP contribution >= 0.6 is 0 Å². The van der Waals surface area contributed by atoms with Gasteiger partial charge in [-0.1, -0.05) is 25.7 Å². The van der Waals surface area contributed by atoms with Crippen LogP contribution in [0.3, 0.4) is 0 Å². The fourth-order valence-electron chi connectivity index (χ4n) is 4.55. The molecule has 158 valence electrons. The Hall–Kier alpha value is -2.38. The van der Waals surface area contributed by atoms with Crippen molar-refractivity contribution in [2.24, 2.45) is 0 Å². The standard InChI is InChI=1S/C26H28F2O2/c1-3-5-6-14-29-19-11-9-18(10-12-19)21-16-23-24(26(28)25(21)27)20-13-8-17(7-4-2)15-22(20)30-23/h8,13,15-16,18-19H,3,5-6,9-12,14H2,1-2H3. The van der Waals surface area contributed by atoms with Crippen molar-refractivity contribution in [2.75, 3.05) is 6.61 Å². The van der Waals surface area contributed by atoms with E-state index in [2.05, 4.69) is 18.8 Å². The number of furan rings is 1.